The van der Waals surface area contributed by atoms with E-state index in [2.05, 4.69) is 10.3 Å². The molecule has 0 radical (unpaired) electrons. The molecule has 0 amide bonds. The van der Waals surface area contributed by atoms with Crippen LogP contribution in [0.25, 0.3) is 11.1 Å². The molecule has 0 aliphatic rings. The number of anilines is 2. The van der Waals surface area contributed by atoms with Gasteiger partial charge in [-0.3, -0.25) is 0 Å². The highest BCUT2D eigenvalue weighted by atomic mass is 16.4. The Morgan fingerprint density at radius 1 is 1.06 bits per heavy atom. The van der Waals surface area contributed by atoms with Gasteiger partial charge >= 0.3 is 0 Å². The number of rotatable bonds is 2. The topological polar surface area (TPSA) is 38.1 Å². The minimum atomic E-state index is 0.525. The summed E-state index contributed by atoms with van der Waals surface area (Å²) in [5.74, 6) is 0. The molecule has 0 fully saturated rings. The van der Waals surface area contributed by atoms with Gasteiger partial charge in [0.2, 0.25) is 0 Å². The number of fused-ring (bicyclic) bond motifs is 1. The number of para-hydroxylation sites is 1. The highest BCUT2D eigenvalue weighted by Gasteiger charge is 2.05. The van der Waals surface area contributed by atoms with Crippen LogP contribution in [0.1, 0.15) is 5.56 Å². The monoisotopic (exact) mass is 224 g/mol. The molecule has 17 heavy (non-hydrogen) atoms. The van der Waals surface area contributed by atoms with Crippen molar-refractivity contribution in [3.05, 3.63) is 54.1 Å². The highest BCUT2D eigenvalue weighted by molar-refractivity contribution is 5.76. The third kappa shape index (κ3) is 1.99. The molecule has 1 aromatic heterocycles. The fourth-order valence-electron chi connectivity index (χ4n) is 1.74. The third-order valence-electron chi connectivity index (χ3n) is 2.57. The standard InChI is InChI=1S/C14H12N2O/c1-10-7-8-13-12(9-10)16-14(17-13)15-11-5-3-2-4-6-11/h2-9H,1H3,(H,15,16). The van der Waals surface area contributed by atoms with Crippen molar-refractivity contribution in [2.24, 2.45) is 0 Å². The molecule has 1 heterocycles. The van der Waals surface area contributed by atoms with E-state index < -0.39 is 0 Å². The minimum absolute atomic E-state index is 0.525. The van der Waals surface area contributed by atoms with Crippen LogP contribution in [0.2, 0.25) is 0 Å². The quantitative estimate of drug-likeness (QED) is 0.717. The average molecular weight is 224 g/mol. The fraction of sp³-hybridized carbons (Fsp3) is 0.0714. The van der Waals surface area contributed by atoms with Gasteiger partial charge in [-0.15, -0.1) is 0 Å². The molecule has 84 valence electrons. The summed E-state index contributed by atoms with van der Waals surface area (Å²) in [7, 11) is 0. The Bertz CT molecular complexity index is 644. The predicted octanol–water partition coefficient (Wildman–Crippen LogP) is 3.88. The predicted molar refractivity (Wildman–Crippen MR) is 68.5 cm³/mol. The SMILES string of the molecule is Cc1ccc2oc(Nc3ccccc3)nc2c1. The zero-order valence-electron chi connectivity index (χ0n) is 9.47. The second-order valence-electron chi connectivity index (χ2n) is 3.98. The third-order valence-corrected chi connectivity index (χ3v) is 2.57. The number of aromatic nitrogens is 1. The van der Waals surface area contributed by atoms with E-state index in [9.17, 15) is 0 Å². The maximum atomic E-state index is 5.60. The molecule has 0 bridgehead atoms. The van der Waals surface area contributed by atoms with Crippen LogP contribution in [0, 0.1) is 6.92 Å². The van der Waals surface area contributed by atoms with Crippen molar-refractivity contribution in [2.75, 3.05) is 5.32 Å². The largest absolute Gasteiger partial charge is 0.423 e. The Hall–Kier alpha value is -2.29. The first kappa shape index (κ1) is 9.90. The first-order chi connectivity index (χ1) is 8.31. The summed E-state index contributed by atoms with van der Waals surface area (Å²) >= 11 is 0. The Morgan fingerprint density at radius 2 is 1.88 bits per heavy atom. The number of nitrogens with one attached hydrogen (secondary N) is 1. The maximum Gasteiger partial charge on any atom is 0.300 e. The van der Waals surface area contributed by atoms with E-state index in [0.717, 1.165) is 16.8 Å². The highest BCUT2D eigenvalue weighted by Crippen LogP contribution is 2.22. The second kappa shape index (κ2) is 3.94. The van der Waals surface area contributed by atoms with Crippen molar-refractivity contribution in [1.82, 2.24) is 4.98 Å². The van der Waals surface area contributed by atoms with Crippen LogP contribution in [0.5, 0.6) is 0 Å². The summed E-state index contributed by atoms with van der Waals surface area (Å²) < 4.78 is 5.60. The van der Waals surface area contributed by atoms with Crippen LogP contribution < -0.4 is 5.32 Å². The summed E-state index contributed by atoms with van der Waals surface area (Å²) in [4.78, 5) is 4.39. The van der Waals surface area contributed by atoms with Gasteiger partial charge in [0, 0.05) is 5.69 Å². The number of benzene rings is 2. The molecule has 0 saturated heterocycles. The summed E-state index contributed by atoms with van der Waals surface area (Å²) in [6.07, 6.45) is 0. The Morgan fingerprint density at radius 3 is 2.71 bits per heavy atom. The van der Waals surface area contributed by atoms with Crippen LogP contribution in [0.3, 0.4) is 0 Å². The Kier molecular flexibility index (Phi) is 2.29. The molecule has 3 aromatic rings. The zero-order valence-corrected chi connectivity index (χ0v) is 9.47. The van der Waals surface area contributed by atoms with Gasteiger partial charge in [0.15, 0.2) is 5.58 Å². The summed E-state index contributed by atoms with van der Waals surface area (Å²) in [5, 5.41) is 3.14. The van der Waals surface area contributed by atoms with Crippen LogP contribution in [0.15, 0.2) is 52.9 Å². The lowest BCUT2D eigenvalue weighted by Gasteiger charge is -1.98. The lowest BCUT2D eigenvalue weighted by atomic mass is 10.2. The molecule has 0 atom stereocenters. The van der Waals surface area contributed by atoms with E-state index in [4.69, 9.17) is 4.42 Å². The van der Waals surface area contributed by atoms with Gasteiger partial charge < -0.3 is 9.73 Å². The maximum absolute atomic E-state index is 5.60. The molecule has 0 saturated carbocycles. The van der Waals surface area contributed by atoms with Gasteiger partial charge in [-0.05, 0) is 36.8 Å². The molecule has 3 rings (SSSR count). The molecular formula is C14H12N2O. The van der Waals surface area contributed by atoms with Crippen LogP contribution in [0.4, 0.5) is 11.7 Å². The molecule has 0 aliphatic carbocycles. The fourth-order valence-corrected chi connectivity index (χ4v) is 1.74. The minimum Gasteiger partial charge on any atom is -0.423 e. The summed E-state index contributed by atoms with van der Waals surface area (Å²) in [5.41, 5.74) is 3.82. The lowest BCUT2D eigenvalue weighted by molar-refractivity contribution is 0.623. The van der Waals surface area contributed by atoms with E-state index in [1.165, 1.54) is 5.56 Å². The molecule has 3 nitrogen and oxygen atoms in total. The molecule has 3 heteroatoms. The van der Waals surface area contributed by atoms with Crippen molar-refractivity contribution >= 4 is 22.8 Å². The van der Waals surface area contributed by atoms with Gasteiger partial charge in [0.25, 0.3) is 6.01 Å². The Labute approximate surface area is 99.1 Å². The average Bonchev–Trinajstić information content (AvgIpc) is 2.71. The molecule has 0 spiro atoms. The second-order valence-corrected chi connectivity index (χ2v) is 3.98. The van der Waals surface area contributed by atoms with E-state index in [-0.39, 0.29) is 0 Å². The zero-order chi connectivity index (χ0) is 11.7. The van der Waals surface area contributed by atoms with Crippen molar-refractivity contribution in [3.63, 3.8) is 0 Å². The van der Waals surface area contributed by atoms with Gasteiger partial charge in [0.1, 0.15) is 5.52 Å². The van der Waals surface area contributed by atoms with Crippen LogP contribution in [-0.4, -0.2) is 4.98 Å². The van der Waals surface area contributed by atoms with Gasteiger partial charge in [-0.1, -0.05) is 24.3 Å². The van der Waals surface area contributed by atoms with Crippen molar-refractivity contribution in [3.8, 4) is 0 Å². The van der Waals surface area contributed by atoms with Crippen molar-refractivity contribution in [1.29, 1.82) is 0 Å². The molecular weight excluding hydrogens is 212 g/mol. The van der Waals surface area contributed by atoms with Gasteiger partial charge in [0.05, 0.1) is 0 Å². The van der Waals surface area contributed by atoms with Crippen molar-refractivity contribution < 1.29 is 4.42 Å². The molecule has 2 aromatic carbocycles. The van der Waals surface area contributed by atoms with E-state index in [0.29, 0.717) is 6.01 Å². The number of hydrogen-bond donors (Lipinski definition) is 1. The molecule has 1 N–H and O–H groups in total. The number of oxazole rings is 1. The number of hydrogen-bond acceptors (Lipinski definition) is 3. The van der Waals surface area contributed by atoms with E-state index in [1.807, 2.05) is 55.5 Å². The van der Waals surface area contributed by atoms with Crippen LogP contribution >= 0.6 is 0 Å². The normalized spacial score (nSPS) is 10.6. The first-order valence-corrected chi connectivity index (χ1v) is 5.50. The lowest BCUT2D eigenvalue weighted by Crippen LogP contribution is -1.88. The van der Waals surface area contributed by atoms with Crippen molar-refractivity contribution in [2.45, 2.75) is 6.92 Å². The summed E-state index contributed by atoms with van der Waals surface area (Å²) in [6.45, 7) is 2.04. The van der Waals surface area contributed by atoms with Gasteiger partial charge in [-0.25, -0.2) is 0 Å². The van der Waals surface area contributed by atoms with E-state index in [1.54, 1.807) is 0 Å². The first-order valence-electron chi connectivity index (χ1n) is 5.50. The van der Waals surface area contributed by atoms with Crippen LogP contribution in [-0.2, 0) is 0 Å². The summed E-state index contributed by atoms with van der Waals surface area (Å²) in [6, 6.07) is 16.3. The smallest absolute Gasteiger partial charge is 0.300 e. The molecule has 0 aliphatic heterocycles. The molecule has 0 unspecified atom stereocenters. The number of aryl methyl sites for hydroxylation is 1. The Balaban J connectivity index is 1.96. The van der Waals surface area contributed by atoms with Gasteiger partial charge in [-0.2, -0.15) is 4.98 Å². The van der Waals surface area contributed by atoms with E-state index >= 15 is 0 Å². The number of nitrogens with zero attached hydrogens (tertiary/aromatic N) is 1.